The smallest absolute Gasteiger partial charge is 0.405 e. The number of benzene rings is 2. The Bertz CT molecular complexity index is 1110. The largest absolute Gasteiger partial charge is 0.465 e. The fourth-order valence-electron chi connectivity index (χ4n) is 5.15. The summed E-state index contributed by atoms with van der Waals surface area (Å²) < 4.78 is 0. The molecule has 0 spiro atoms. The van der Waals surface area contributed by atoms with E-state index in [1.807, 2.05) is 56.0 Å². The SMILES string of the molecule is C[C@@H](NC(=O)C(=O)[C@@](Cc1ccccc1)(NC(=O)O)C(=O)C(N1CCCC1)C(C)(C)C)c1ccccc1. The highest BCUT2D eigenvalue weighted by Gasteiger charge is 2.55. The van der Waals surface area contributed by atoms with E-state index >= 15 is 0 Å². The number of hydrogen-bond acceptors (Lipinski definition) is 5. The number of Topliss-reactive ketones (excluding diaryl/α,β-unsaturated/α-hetero) is 2. The molecule has 2 aromatic rings. The zero-order chi connectivity index (χ0) is 27.2. The number of likely N-dealkylation sites (tertiary alicyclic amines) is 1. The minimum absolute atomic E-state index is 0.272. The summed E-state index contributed by atoms with van der Waals surface area (Å²) in [5, 5.41) is 14.8. The molecule has 3 N–H and O–H groups in total. The molecule has 8 heteroatoms. The molecule has 0 bridgehead atoms. The Morgan fingerprint density at radius 3 is 1.97 bits per heavy atom. The van der Waals surface area contributed by atoms with Gasteiger partial charge in [-0.25, -0.2) is 4.79 Å². The van der Waals surface area contributed by atoms with E-state index in [1.165, 1.54) is 0 Å². The average Bonchev–Trinajstić information content (AvgIpc) is 3.37. The van der Waals surface area contributed by atoms with Gasteiger partial charge in [-0.1, -0.05) is 81.4 Å². The quantitative estimate of drug-likeness (QED) is 0.333. The molecule has 0 aromatic heterocycles. The summed E-state index contributed by atoms with van der Waals surface area (Å²) >= 11 is 0. The van der Waals surface area contributed by atoms with E-state index in [-0.39, 0.29) is 6.42 Å². The van der Waals surface area contributed by atoms with E-state index in [4.69, 9.17) is 0 Å². The lowest BCUT2D eigenvalue weighted by molar-refractivity contribution is -0.149. The number of nitrogens with one attached hydrogen (secondary N) is 2. The summed E-state index contributed by atoms with van der Waals surface area (Å²) in [5.74, 6) is -2.73. The molecule has 8 nitrogen and oxygen atoms in total. The number of rotatable bonds is 10. The highest BCUT2D eigenvalue weighted by Crippen LogP contribution is 2.33. The van der Waals surface area contributed by atoms with Gasteiger partial charge in [-0.3, -0.25) is 19.3 Å². The molecule has 1 aliphatic heterocycles. The van der Waals surface area contributed by atoms with E-state index in [2.05, 4.69) is 10.6 Å². The standard InChI is InChI=1S/C29H37N3O5/c1-20(22-15-9-6-10-16-22)30-26(35)25(34)29(31-27(36)37,19-21-13-7-5-8-14-21)24(33)23(28(2,3)4)32-17-11-12-18-32/h5-10,13-16,20,23,31H,11-12,17-19H2,1-4H3,(H,30,35)(H,36,37)/t20-,23?,29+/m1/s1. The van der Waals surface area contributed by atoms with E-state index < -0.39 is 46.6 Å². The molecular weight excluding hydrogens is 470 g/mol. The number of nitrogens with zero attached hydrogens (tertiary/aromatic N) is 1. The molecule has 1 unspecified atom stereocenters. The van der Waals surface area contributed by atoms with Crippen molar-refractivity contribution < 1.29 is 24.3 Å². The Morgan fingerprint density at radius 2 is 1.46 bits per heavy atom. The fourth-order valence-corrected chi connectivity index (χ4v) is 5.15. The first kappa shape index (κ1) is 28.1. The number of ketones is 2. The van der Waals surface area contributed by atoms with E-state index in [0.29, 0.717) is 18.7 Å². The van der Waals surface area contributed by atoms with Gasteiger partial charge in [0.25, 0.3) is 11.7 Å². The molecule has 0 radical (unpaired) electrons. The first-order chi connectivity index (χ1) is 17.5. The van der Waals surface area contributed by atoms with Crippen LogP contribution in [0, 0.1) is 5.41 Å². The van der Waals surface area contributed by atoms with Gasteiger partial charge >= 0.3 is 6.09 Å². The van der Waals surface area contributed by atoms with Gasteiger partial charge in [0.1, 0.15) is 0 Å². The summed E-state index contributed by atoms with van der Waals surface area (Å²) in [5.41, 5.74) is -1.57. The van der Waals surface area contributed by atoms with Crippen LogP contribution < -0.4 is 10.6 Å². The fraction of sp³-hybridized carbons (Fsp3) is 0.448. The molecule has 1 saturated heterocycles. The molecule has 3 rings (SSSR count). The van der Waals surface area contributed by atoms with Crippen LogP contribution in [0.2, 0.25) is 0 Å². The van der Waals surface area contributed by atoms with Gasteiger partial charge < -0.3 is 15.7 Å². The van der Waals surface area contributed by atoms with Gasteiger partial charge in [0.2, 0.25) is 0 Å². The predicted octanol–water partition coefficient (Wildman–Crippen LogP) is 3.76. The molecule has 2 amide bonds. The molecule has 1 heterocycles. The van der Waals surface area contributed by atoms with Crippen molar-refractivity contribution in [1.29, 1.82) is 0 Å². The van der Waals surface area contributed by atoms with E-state index in [9.17, 15) is 24.3 Å². The Hall–Kier alpha value is -3.52. The first-order valence-electron chi connectivity index (χ1n) is 12.7. The van der Waals surface area contributed by atoms with Gasteiger partial charge in [-0.15, -0.1) is 0 Å². The lowest BCUT2D eigenvalue weighted by atomic mass is 9.72. The monoisotopic (exact) mass is 507 g/mol. The summed E-state index contributed by atoms with van der Waals surface area (Å²) in [4.78, 5) is 56.0. The second-order valence-electron chi connectivity index (χ2n) is 10.8. The number of hydrogen-bond donors (Lipinski definition) is 3. The Balaban J connectivity index is 2.08. The minimum Gasteiger partial charge on any atom is -0.465 e. The molecule has 1 fully saturated rings. The Kier molecular flexibility index (Phi) is 8.86. The first-order valence-corrected chi connectivity index (χ1v) is 12.7. The van der Waals surface area contributed by atoms with Gasteiger partial charge in [0, 0.05) is 6.42 Å². The molecule has 1 aliphatic rings. The third-order valence-electron chi connectivity index (χ3n) is 6.87. The summed E-state index contributed by atoms with van der Waals surface area (Å²) in [6.45, 7) is 8.73. The third-order valence-corrected chi connectivity index (χ3v) is 6.87. The highest BCUT2D eigenvalue weighted by atomic mass is 16.4. The van der Waals surface area contributed by atoms with Crippen LogP contribution in [0.3, 0.4) is 0 Å². The number of carbonyl (C=O) groups excluding carboxylic acids is 3. The Labute approximate surface area is 218 Å². The van der Waals surface area contributed by atoms with Crippen LogP contribution >= 0.6 is 0 Å². The second kappa shape index (κ2) is 11.7. The maximum absolute atomic E-state index is 14.5. The second-order valence-corrected chi connectivity index (χ2v) is 10.8. The van der Waals surface area contributed by atoms with Crippen molar-refractivity contribution in [2.75, 3.05) is 13.1 Å². The molecule has 3 atom stereocenters. The lowest BCUT2D eigenvalue weighted by Gasteiger charge is -2.42. The van der Waals surface area contributed by atoms with Crippen LogP contribution in [-0.4, -0.2) is 58.2 Å². The van der Waals surface area contributed by atoms with Crippen LogP contribution in [-0.2, 0) is 20.8 Å². The van der Waals surface area contributed by atoms with Crippen LogP contribution in [0.25, 0.3) is 0 Å². The van der Waals surface area contributed by atoms with Crippen molar-refractivity contribution in [2.24, 2.45) is 5.41 Å². The third kappa shape index (κ3) is 6.63. The van der Waals surface area contributed by atoms with Crippen LogP contribution in [0.4, 0.5) is 4.79 Å². The van der Waals surface area contributed by atoms with E-state index in [1.54, 1.807) is 37.3 Å². The molecule has 0 saturated carbocycles. The zero-order valence-corrected chi connectivity index (χ0v) is 22.0. The van der Waals surface area contributed by atoms with Crippen molar-refractivity contribution in [2.45, 2.75) is 64.6 Å². The van der Waals surface area contributed by atoms with Crippen LogP contribution in [0.1, 0.15) is 57.7 Å². The van der Waals surface area contributed by atoms with Crippen LogP contribution in [0.5, 0.6) is 0 Å². The van der Waals surface area contributed by atoms with E-state index in [0.717, 1.165) is 18.4 Å². The average molecular weight is 508 g/mol. The number of amides is 2. The molecule has 198 valence electrons. The van der Waals surface area contributed by atoms with Gasteiger partial charge in [0.05, 0.1) is 12.1 Å². The van der Waals surface area contributed by atoms with Crippen molar-refractivity contribution in [3.8, 4) is 0 Å². The number of carboxylic acid groups (broad SMARTS) is 1. The van der Waals surface area contributed by atoms with Crippen LogP contribution in [0.15, 0.2) is 60.7 Å². The lowest BCUT2D eigenvalue weighted by Crippen LogP contribution is -2.70. The molecular formula is C29H37N3O5. The van der Waals surface area contributed by atoms with Crippen molar-refractivity contribution >= 4 is 23.6 Å². The minimum atomic E-state index is -2.30. The molecule has 0 aliphatic carbocycles. The normalized spacial score (nSPS) is 17.3. The van der Waals surface area contributed by atoms with Gasteiger partial charge in [0.15, 0.2) is 11.3 Å². The topological polar surface area (TPSA) is 116 Å². The maximum atomic E-state index is 14.5. The van der Waals surface area contributed by atoms with Crippen molar-refractivity contribution in [3.05, 3.63) is 71.8 Å². The zero-order valence-electron chi connectivity index (χ0n) is 22.0. The highest BCUT2D eigenvalue weighted by molar-refractivity contribution is 6.45. The molecule has 2 aromatic carbocycles. The molecule has 37 heavy (non-hydrogen) atoms. The maximum Gasteiger partial charge on any atom is 0.405 e. The van der Waals surface area contributed by atoms with Gasteiger partial charge in [-0.2, -0.15) is 0 Å². The summed E-state index contributed by atoms with van der Waals surface area (Å²) in [6, 6.07) is 16.5. The Morgan fingerprint density at radius 1 is 0.919 bits per heavy atom. The van der Waals surface area contributed by atoms with Crippen molar-refractivity contribution in [1.82, 2.24) is 15.5 Å². The van der Waals surface area contributed by atoms with Crippen molar-refractivity contribution in [3.63, 3.8) is 0 Å². The summed E-state index contributed by atoms with van der Waals surface area (Å²) in [6.07, 6.45) is -0.0108. The van der Waals surface area contributed by atoms with Gasteiger partial charge in [-0.05, 0) is 49.4 Å². The predicted molar refractivity (Wildman–Crippen MR) is 141 cm³/mol. The summed E-state index contributed by atoms with van der Waals surface area (Å²) in [7, 11) is 0. The number of carbonyl (C=O) groups is 4.